The van der Waals surface area contributed by atoms with Crippen LogP contribution in [0.5, 0.6) is 0 Å². The summed E-state index contributed by atoms with van der Waals surface area (Å²) in [5, 5.41) is 0. The maximum absolute atomic E-state index is 2.28. The molecule has 0 fully saturated rings. The SMILES string of the molecule is Cc1ccc(SC(C)(C)Sc2ccc(C)cc2)cc1. The first kappa shape index (κ1) is 14.5. The molecule has 0 N–H and O–H groups in total. The van der Waals surface area contributed by atoms with E-state index in [0.717, 1.165) is 0 Å². The highest BCUT2D eigenvalue weighted by molar-refractivity contribution is 8.18. The quantitative estimate of drug-likeness (QED) is 0.505. The molecule has 0 unspecified atom stereocenters. The van der Waals surface area contributed by atoms with E-state index < -0.39 is 0 Å². The zero-order valence-corrected chi connectivity index (χ0v) is 13.6. The molecular formula is C17H20S2. The molecule has 0 saturated heterocycles. The molecule has 0 heterocycles. The molecule has 2 heteroatoms. The van der Waals surface area contributed by atoms with E-state index in [1.165, 1.54) is 20.9 Å². The van der Waals surface area contributed by atoms with Gasteiger partial charge in [0.15, 0.2) is 0 Å². The Hall–Kier alpha value is -0.860. The molecule has 0 radical (unpaired) electrons. The Bertz CT molecular complexity index is 475. The number of rotatable bonds is 4. The highest BCUT2D eigenvalue weighted by atomic mass is 32.2. The van der Waals surface area contributed by atoms with Gasteiger partial charge >= 0.3 is 0 Å². The summed E-state index contributed by atoms with van der Waals surface area (Å²) in [6, 6.07) is 17.5. The van der Waals surface area contributed by atoms with Gasteiger partial charge in [0.05, 0.1) is 4.08 Å². The molecule has 0 spiro atoms. The molecule has 2 aromatic rings. The van der Waals surface area contributed by atoms with E-state index in [1.54, 1.807) is 0 Å². The average molecular weight is 288 g/mol. The van der Waals surface area contributed by atoms with Crippen LogP contribution in [0.4, 0.5) is 0 Å². The maximum atomic E-state index is 2.28. The van der Waals surface area contributed by atoms with Gasteiger partial charge in [0.1, 0.15) is 0 Å². The fourth-order valence-corrected chi connectivity index (χ4v) is 4.22. The third kappa shape index (κ3) is 4.63. The third-order valence-corrected chi connectivity index (χ3v) is 5.27. The molecule has 0 aliphatic heterocycles. The number of thioether (sulfide) groups is 2. The molecule has 0 nitrogen and oxygen atoms in total. The lowest BCUT2D eigenvalue weighted by molar-refractivity contribution is 1.02. The second-order valence-corrected chi connectivity index (χ2v) is 8.88. The molecule has 2 aromatic carbocycles. The van der Waals surface area contributed by atoms with Gasteiger partial charge in [-0.3, -0.25) is 0 Å². The number of benzene rings is 2. The Morgan fingerprint density at radius 3 is 1.26 bits per heavy atom. The molecule has 19 heavy (non-hydrogen) atoms. The van der Waals surface area contributed by atoms with Crippen molar-refractivity contribution in [2.75, 3.05) is 0 Å². The largest absolute Gasteiger partial charge is 0.109 e. The summed E-state index contributed by atoms with van der Waals surface area (Å²) in [7, 11) is 0. The van der Waals surface area contributed by atoms with Crippen molar-refractivity contribution < 1.29 is 0 Å². The summed E-state index contributed by atoms with van der Waals surface area (Å²) in [6.45, 7) is 8.81. The average Bonchev–Trinajstić information content (AvgIpc) is 2.34. The minimum Gasteiger partial charge on any atom is -0.109 e. The topological polar surface area (TPSA) is 0 Å². The van der Waals surface area contributed by atoms with Crippen LogP contribution >= 0.6 is 23.5 Å². The Morgan fingerprint density at radius 1 is 0.632 bits per heavy atom. The van der Waals surface area contributed by atoms with E-state index in [4.69, 9.17) is 0 Å². The summed E-state index contributed by atoms with van der Waals surface area (Å²) in [5.41, 5.74) is 2.63. The second kappa shape index (κ2) is 6.06. The van der Waals surface area contributed by atoms with E-state index in [1.807, 2.05) is 23.5 Å². The van der Waals surface area contributed by atoms with E-state index in [9.17, 15) is 0 Å². The molecule has 0 aromatic heterocycles. The lowest BCUT2D eigenvalue weighted by atomic mass is 10.2. The van der Waals surface area contributed by atoms with Crippen LogP contribution in [0.3, 0.4) is 0 Å². The molecule has 0 amide bonds. The summed E-state index contributed by atoms with van der Waals surface area (Å²) < 4.78 is 0.129. The Labute approximate surface area is 125 Å². The van der Waals surface area contributed by atoms with Gasteiger partial charge < -0.3 is 0 Å². The second-order valence-electron chi connectivity index (χ2n) is 5.23. The minimum atomic E-state index is 0.129. The van der Waals surface area contributed by atoms with Gasteiger partial charge in [-0.05, 0) is 52.0 Å². The van der Waals surface area contributed by atoms with Gasteiger partial charge in [-0.25, -0.2) is 0 Å². The summed E-state index contributed by atoms with van der Waals surface area (Å²) >= 11 is 3.83. The third-order valence-electron chi connectivity index (χ3n) is 2.77. The van der Waals surface area contributed by atoms with Crippen LogP contribution in [-0.2, 0) is 0 Å². The lowest BCUT2D eigenvalue weighted by Crippen LogP contribution is -2.07. The first-order valence-corrected chi connectivity index (χ1v) is 8.09. The summed E-state index contributed by atoms with van der Waals surface area (Å²) in [5.74, 6) is 0. The monoisotopic (exact) mass is 288 g/mol. The van der Waals surface area contributed by atoms with Crippen molar-refractivity contribution in [3.05, 3.63) is 59.7 Å². The Morgan fingerprint density at radius 2 is 0.947 bits per heavy atom. The number of hydrogen-bond donors (Lipinski definition) is 0. The first-order chi connectivity index (χ1) is 8.94. The van der Waals surface area contributed by atoms with Crippen molar-refractivity contribution in [3.63, 3.8) is 0 Å². The maximum Gasteiger partial charge on any atom is 0.0649 e. The Balaban J connectivity index is 2.05. The van der Waals surface area contributed by atoms with Crippen LogP contribution in [0.1, 0.15) is 25.0 Å². The first-order valence-electron chi connectivity index (χ1n) is 6.46. The predicted molar refractivity (Wildman–Crippen MR) is 88.2 cm³/mol. The van der Waals surface area contributed by atoms with Crippen LogP contribution in [0, 0.1) is 13.8 Å². The summed E-state index contributed by atoms with van der Waals surface area (Å²) in [4.78, 5) is 2.66. The van der Waals surface area contributed by atoms with Crippen molar-refractivity contribution in [2.24, 2.45) is 0 Å². The highest BCUT2D eigenvalue weighted by Gasteiger charge is 2.20. The molecule has 100 valence electrons. The van der Waals surface area contributed by atoms with Crippen molar-refractivity contribution in [3.8, 4) is 0 Å². The standard InChI is InChI=1S/C17H20S2/c1-13-5-9-15(10-6-13)18-17(3,4)19-16-11-7-14(2)8-12-16/h5-12H,1-4H3. The van der Waals surface area contributed by atoms with Crippen LogP contribution < -0.4 is 0 Å². The van der Waals surface area contributed by atoms with Crippen molar-refractivity contribution >= 4 is 23.5 Å². The van der Waals surface area contributed by atoms with E-state index in [2.05, 4.69) is 76.2 Å². The van der Waals surface area contributed by atoms with Crippen LogP contribution in [0.15, 0.2) is 58.3 Å². The molecule has 0 bridgehead atoms. The fraction of sp³-hybridized carbons (Fsp3) is 0.294. The number of hydrogen-bond acceptors (Lipinski definition) is 2. The van der Waals surface area contributed by atoms with E-state index >= 15 is 0 Å². The van der Waals surface area contributed by atoms with Crippen LogP contribution in [-0.4, -0.2) is 4.08 Å². The van der Waals surface area contributed by atoms with Crippen molar-refractivity contribution in [1.29, 1.82) is 0 Å². The minimum absolute atomic E-state index is 0.129. The van der Waals surface area contributed by atoms with Gasteiger partial charge in [0.25, 0.3) is 0 Å². The molecule has 2 rings (SSSR count). The predicted octanol–water partition coefficient (Wildman–Crippen LogP) is 5.92. The smallest absolute Gasteiger partial charge is 0.0649 e. The van der Waals surface area contributed by atoms with Gasteiger partial charge in [0.2, 0.25) is 0 Å². The molecule has 0 atom stereocenters. The van der Waals surface area contributed by atoms with Gasteiger partial charge in [-0.2, -0.15) is 0 Å². The molecule has 0 saturated carbocycles. The molecule has 0 aliphatic rings. The normalized spacial score (nSPS) is 11.6. The zero-order chi connectivity index (χ0) is 13.9. The van der Waals surface area contributed by atoms with Crippen molar-refractivity contribution in [1.82, 2.24) is 0 Å². The number of aryl methyl sites for hydroxylation is 2. The summed E-state index contributed by atoms with van der Waals surface area (Å²) in [6.07, 6.45) is 0. The van der Waals surface area contributed by atoms with Gasteiger partial charge in [0, 0.05) is 9.79 Å². The van der Waals surface area contributed by atoms with E-state index in [-0.39, 0.29) is 4.08 Å². The fourth-order valence-electron chi connectivity index (χ4n) is 1.80. The Kier molecular flexibility index (Phi) is 4.64. The molecular weight excluding hydrogens is 268 g/mol. The lowest BCUT2D eigenvalue weighted by Gasteiger charge is -2.23. The highest BCUT2D eigenvalue weighted by Crippen LogP contribution is 2.44. The van der Waals surface area contributed by atoms with Gasteiger partial charge in [-0.15, -0.1) is 23.5 Å². The molecule has 0 aliphatic carbocycles. The van der Waals surface area contributed by atoms with Crippen LogP contribution in [0.25, 0.3) is 0 Å². The van der Waals surface area contributed by atoms with E-state index in [0.29, 0.717) is 0 Å². The zero-order valence-electron chi connectivity index (χ0n) is 11.9. The van der Waals surface area contributed by atoms with Crippen LogP contribution in [0.2, 0.25) is 0 Å². The van der Waals surface area contributed by atoms with Gasteiger partial charge in [-0.1, -0.05) is 35.4 Å². The van der Waals surface area contributed by atoms with Crippen molar-refractivity contribution in [2.45, 2.75) is 41.6 Å².